The molecule has 0 saturated heterocycles. The van der Waals surface area contributed by atoms with Gasteiger partial charge in [0.25, 0.3) is 0 Å². The second-order valence-corrected chi connectivity index (χ2v) is 5.43. The Labute approximate surface area is 115 Å². The van der Waals surface area contributed by atoms with Crippen LogP contribution >= 0.6 is 0 Å². The van der Waals surface area contributed by atoms with Crippen LogP contribution < -0.4 is 5.32 Å². The number of hydrogen-bond donors (Lipinski definition) is 1. The van der Waals surface area contributed by atoms with Crippen molar-refractivity contribution in [3.05, 3.63) is 41.6 Å². The van der Waals surface area contributed by atoms with Gasteiger partial charge in [0, 0.05) is 18.2 Å². The summed E-state index contributed by atoms with van der Waals surface area (Å²) in [7, 11) is 3.71. The molecule has 0 aliphatic carbocycles. The molecule has 2 rings (SSSR count). The van der Waals surface area contributed by atoms with Crippen LogP contribution in [-0.4, -0.2) is 24.7 Å². The van der Waals surface area contributed by atoms with E-state index >= 15 is 0 Å². The van der Waals surface area contributed by atoms with Crippen molar-refractivity contribution in [2.24, 2.45) is 0 Å². The van der Waals surface area contributed by atoms with Gasteiger partial charge in [-0.3, -0.25) is 4.98 Å². The minimum atomic E-state index is -0.263. The Bertz CT molecular complexity index is 578. The Balaban J connectivity index is 2.47. The summed E-state index contributed by atoms with van der Waals surface area (Å²) < 4.78 is 5.60. The van der Waals surface area contributed by atoms with E-state index in [2.05, 4.69) is 48.4 Å². The zero-order valence-electron chi connectivity index (χ0n) is 12.3. The number of nitrogens with one attached hydrogen (secondary N) is 1. The molecule has 0 amide bonds. The summed E-state index contributed by atoms with van der Waals surface area (Å²) in [6.45, 7) is 6.19. The minimum absolute atomic E-state index is 0.142. The van der Waals surface area contributed by atoms with E-state index in [4.69, 9.17) is 4.74 Å². The van der Waals surface area contributed by atoms with E-state index < -0.39 is 0 Å². The molecule has 0 fully saturated rings. The lowest BCUT2D eigenvalue weighted by molar-refractivity contribution is -0.00895. The molecule has 1 aromatic heterocycles. The van der Waals surface area contributed by atoms with Gasteiger partial charge >= 0.3 is 0 Å². The van der Waals surface area contributed by atoms with Crippen molar-refractivity contribution in [3.8, 4) is 0 Å². The molecule has 2 aromatic rings. The number of likely N-dealkylation sites (N-methyl/N-ethyl adjacent to an activating group) is 1. The standard InChI is InChI=1S/C16H22N2O/c1-11-6-7-12-10-13(8-9-14(12)18-11)15(17-4)16(2,3)19-5/h6-10,15,17H,1-5H3. The molecule has 0 bridgehead atoms. The maximum Gasteiger partial charge on any atom is 0.0816 e. The summed E-state index contributed by atoms with van der Waals surface area (Å²) in [6.07, 6.45) is 0. The van der Waals surface area contributed by atoms with Gasteiger partial charge in [-0.05, 0) is 51.6 Å². The van der Waals surface area contributed by atoms with Gasteiger partial charge in [-0.25, -0.2) is 0 Å². The molecule has 19 heavy (non-hydrogen) atoms. The van der Waals surface area contributed by atoms with E-state index in [1.807, 2.05) is 20.0 Å². The van der Waals surface area contributed by atoms with E-state index in [9.17, 15) is 0 Å². The molecule has 3 nitrogen and oxygen atoms in total. The van der Waals surface area contributed by atoms with E-state index in [1.54, 1.807) is 7.11 Å². The van der Waals surface area contributed by atoms with Crippen LogP contribution in [0.25, 0.3) is 10.9 Å². The summed E-state index contributed by atoms with van der Waals surface area (Å²) in [4.78, 5) is 4.53. The molecule has 0 radical (unpaired) electrons. The second kappa shape index (κ2) is 5.27. The maximum absolute atomic E-state index is 5.60. The molecular formula is C16H22N2O. The van der Waals surface area contributed by atoms with Crippen LogP contribution in [0, 0.1) is 6.92 Å². The van der Waals surface area contributed by atoms with Crippen LogP contribution in [0.4, 0.5) is 0 Å². The highest BCUT2D eigenvalue weighted by Crippen LogP contribution is 2.29. The van der Waals surface area contributed by atoms with Gasteiger partial charge in [-0.2, -0.15) is 0 Å². The third-order valence-corrected chi connectivity index (χ3v) is 3.70. The molecule has 3 heteroatoms. The normalized spacial score (nSPS) is 13.7. The van der Waals surface area contributed by atoms with Crippen molar-refractivity contribution in [3.63, 3.8) is 0 Å². The molecule has 1 aromatic carbocycles. The predicted octanol–water partition coefficient (Wildman–Crippen LogP) is 3.23. The SMILES string of the molecule is CNC(c1ccc2nc(C)ccc2c1)C(C)(C)OC. The molecule has 1 unspecified atom stereocenters. The first-order chi connectivity index (χ1) is 8.97. The van der Waals surface area contributed by atoms with Gasteiger partial charge in [0.15, 0.2) is 0 Å². The Kier molecular flexibility index (Phi) is 3.88. The van der Waals surface area contributed by atoms with Crippen molar-refractivity contribution < 1.29 is 4.74 Å². The third kappa shape index (κ3) is 2.77. The Morgan fingerprint density at radius 3 is 2.58 bits per heavy atom. The first-order valence-electron chi connectivity index (χ1n) is 6.57. The van der Waals surface area contributed by atoms with Gasteiger partial charge < -0.3 is 10.1 Å². The fourth-order valence-electron chi connectivity index (χ4n) is 2.46. The van der Waals surface area contributed by atoms with Crippen molar-refractivity contribution in [1.82, 2.24) is 10.3 Å². The number of hydrogen-bond acceptors (Lipinski definition) is 3. The highest BCUT2D eigenvalue weighted by molar-refractivity contribution is 5.79. The lowest BCUT2D eigenvalue weighted by Gasteiger charge is -2.33. The van der Waals surface area contributed by atoms with Gasteiger partial charge in [0.1, 0.15) is 0 Å². The summed E-state index contributed by atoms with van der Waals surface area (Å²) in [6, 6.07) is 10.7. The predicted molar refractivity (Wildman–Crippen MR) is 79.4 cm³/mol. The highest BCUT2D eigenvalue weighted by Gasteiger charge is 2.29. The summed E-state index contributed by atoms with van der Waals surface area (Å²) in [5.74, 6) is 0. The quantitative estimate of drug-likeness (QED) is 0.914. The largest absolute Gasteiger partial charge is 0.377 e. The van der Waals surface area contributed by atoms with Crippen LogP contribution in [0.15, 0.2) is 30.3 Å². The van der Waals surface area contributed by atoms with Gasteiger partial charge in [0.05, 0.1) is 17.2 Å². The van der Waals surface area contributed by atoms with Gasteiger partial charge in [0.2, 0.25) is 0 Å². The number of aromatic nitrogens is 1. The average Bonchev–Trinajstić information content (AvgIpc) is 2.39. The summed E-state index contributed by atoms with van der Waals surface area (Å²) in [5.41, 5.74) is 3.03. The first kappa shape index (κ1) is 14.0. The lowest BCUT2D eigenvalue weighted by Crippen LogP contribution is -2.39. The van der Waals surface area contributed by atoms with Crippen LogP contribution in [0.2, 0.25) is 0 Å². The molecule has 0 saturated carbocycles. The maximum atomic E-state index is 5.60. The number of nitrogens with zero attached hydrogens (tertiary/aromatic N) is 1. The molecule has 1 atom stereocenters. The minimum Gasteiger partial charge on any atom is -0.377 e. The Morgan fingerprint density at radius 2 is 1.95 bits per heavy atom. The molecule has 0 aliphatic heterocycles. The van der Waals surface area contributed by atoms with E-state index in [0.29, 0.717) is 0 Å². The van der Waals surface area contributed by atoms with Crippen molar-refractivity contribution >= 4 is 10.9 Å². The zero-order valence-corrected chi connectivity index (χ0v) is 12.3. The molecule has 0 aliphatic rings. The Morgan fingerprint density at radius 1 is 1.21 bits per heavy atom. The first-order valence-corrected chi connectivity index (χ1v) is 6.57. The average molecular weight is 258 g/mol. The van der Waals surface area contributed by atoms with Crippen LogP contribution in [0.3, 0.4) is 0 Å². The van der Waals surface area contributed by atoms with Crippen LogP contribution in [-0.2, 0) is 4.74 Å². The summed E-state index contributed by atoms with van der Waals surface area (Å²) in [5, 5.41) is 4.50. The van der Waals surface area contributed by atoms with E-state index in [1.165, 1.54) is 5.56 Å². The third-order valence-electron chi connectivity index (χ3n) is 3.70. The summed E-state index contributed by atoms with van der Waals surface area (Å²) >= 11 is 0. The fourth-order valence-corrected chi connectivity index (χ4v) is 2.46. The number of benzene rings is 1. The van der Waals surface area contributed by atoms with Crippen molar-refractivity contribution in [1.29, 1.82) is 0 Å². The van der Waals surface area contributed by atoms with E-state index in [0.717, 1.165) is 16.6 Å². The highest BCUT2D eigenvalue weighted by atomic mass is 16.5. The fraction of sp³-hybridized carbons (Fsp3) is 0.438. The van der Waals surface area contributed by atoms with Crippen LogP contribution in [0.1, 0.15) is 31.1 Å². The number of ether oxygens (including phenoxy) is 1. The number of fused-ring (bicyclic) bond motifs is 1. The molecule has 0 spiro atoms. The number of pyridine rings is 1. The molecule has 1 N–H and O–H groups in total. The monoisotopic (exact) mass is 258 g/mol. The van der Waals surface area contributed by atoms with Gasteiger partial charge in [-0.1, -0.05) is 12.1 Å². The smallest absolute Gasteiger partial charge is 0.0816 e. The topological polar surface area (TPSA) is 34.2 Å². The second-order valence-electron chi connectivity index (χ2n) is 5.43. The Hall–Kier alpha value is -1.45. The van der Waals surface area contributed by atoms with E-state index in [-0.39, 0.29) is 11.6 Å². The molecule has 102 valence electrons. The number of rotatable bonds is 4. The zero-order chi connectivity index (χ0) is 14.0. The number of aryl methyl sites for hydroxylation is 1. The number of methoxy groups -OCH3 is 1. The lowest BCUT2D eigenvalue weighted by atomic mass is 9.91. The van der Waals surface area contributed by atoms with Crippen molar-refractivity contribution in [2.75, 3.05) is 14.2 Å². The molecule has 1 heterocycles. The van der Waals surface area contributed by atoms with Crippen molar-refractivity contribution in [2.45, 2.75) is 32.4 Å². The van der Waals surface area contributed by atoms with Crippen LogP contribution in [0.5, 0.6) is 0 Å². The van der Waals surface area contributed by atoms with Gasteiger partial charge in [-0.15, -0.1) is 0 Å². The molecular weight excluding hydrogens is 236 g/mol.